The Morgan fingerprint density at radius 1 is 0.886 bits per heavy atom. The Kier molecular flexibility index (Phi) is 12.9. The SMILES string of the molecule is CCCCCNC(=O)OCCn1nnc2c1-c1ccccc1CN(C(=O)CCCC(=O)CCOCCOC)c1ccccc1-2. The first-order chi connectivity index (χ1) is 21.5. The maximum atomic E-state index is 13.7. The molecule has 0 saturated heterocycles. The zero-order valence-electron chi connectivity index (χ0n) is 25.8. The largest absolute Gasteiger partial charge is 0.448 e. The third-order valence-corrected chi connectivity index (χ3v) is 7.48. The van der Waals surface area contributed by atoms with Gasteiger partial charge in [0.05, 0.1) is 44.3 Å². The van der Waals surface area contributed by atoms with E-state index in [-0.39, 0.29) is 24.7 Å². The highest BCUT2D eigenvalue weighted by molar-refractivity contribution is 6.00. The molecular weight excluding hydrogens is 562 g/mol. The van der Waals surface area contributed by atoms with Crippen LogP contribution in [0.15, 0.2) is 48.5 Å². The van der Waals surface area contributed by atoms with Crippen LogP contribution in [0.25, 0.3) is 22.5 Å². The summed E-state index contributed by atoms with van der Waals surface area (Å²) in [5, 5.41) is 11.8. The van der Waals surface area contributed by atoms with Gasteiger partial charge in [0.2, 0.25) is 5.91 Å². The molecule has 1 aliphatic heterocycles. The Labute approximate surface area is 258 Å². The van der Waals surface area contributed by atoms with E-state index in [2.05, 4.69) is 22.6 Å². The number of methoxy groups -OCH3 is 1. The number of rotatable bonds is 17. The topological polar surface area (TPSA) is 125 Å². The number of unbranched alkanes of at least 4 members (excludes halogenated alkanes) is 2. The number of ether oxygens (including phenoxy) is 3. The van der Waals surface area contributed by atoms with Crippen molar-refractivity contribution in [1.29, 1.82) is 0 Å². The molecule has 11 heteroatoms. The number of hydrogen-bond donors (Lipinski definition) is 1. The highest BCUT2D eigenvalue weighted by atomic mass is 16.5. The number of hydrogen-bond acceptors (Lipinski definition) is 8. The van der Waals surface area contributed by atoms with Crippen LogP contribution in [0.4, 0.5) is 10.5 Å². The monoisotopic (exact) mass is 605 g/mol. The zero-order valence-corrected chi connectivity index (χ0v) is 25.8. The predicted octanol–water partition coefficient (Wildman–Crippen LogP) is 5.17. The van der Waals surface area contributed by atoms with Crippen molar-refractivity contribution in [2.75, 3.05) is 45.0 Å². The number of para-hydroxylation sites is 1. The molecular formula is C33H43N5O6. The van der Waals surface area contributed by atoms with Crippen LogP contribution < -0.4 is 10.2 Å². The number of benzene rings is 2. The number of fused-ring (bicyclic) bond motifs is 5. The summed E-state index contributed by atoms with van der Waals surface area (Å²) >= 11 is 0. The molecule has 0 unspecified atom stereocenters. The lowest BCUT2D eigenvalue weighted by Crippen LogP contribution is -2.31. The van der Waals surface area contributed by atoms with Gasteiger partial charge in [0.1, 0.15) is 18.1 Å². The van der Waals surface area contributed by atoms with Crippen molar-refractivity contribution < 1.29 is 28.6 Å². The molecule has 0 radical (unpaired) electrons. The van der Waals surface area contributed by atoms with Gasteiger partial charge in [0.15, 0.2) is 0 Å². The Hall–Kier alpha value is -4.09. The molecule has 0 atom stereocenters. The summed E-state index contributed by atoms with van der Waals surface area (Å²) < 4.78 is 17.5. The molecule has 44 heavy (non-hydrogen) atoms. The average Bonchev–Trinajstić information content (AvgIpc) is 3.44. The quantitative estimate of drug-likeness (QED) is 0.209. The number of nitrogens with zero attached hydrogens (tertiary/aromatic N) is 4. The van der Waals surface area contributed by atoms with E-state index in [0.717, 1.165) is 47.3 Å². The Bertz CT molecular complexity index is 1390. The lowest BCUT2D eigenvalue weighted by molar-refractivity contribution is -0.121. The van der Waals surface area contributed by atoms with Crippen LogP contribution in [0.5, 0.6) is 0 Å². The fraction of sp³-hybridized carbons (Fsp3) is 0.485. The number of Topliss-reactive ketones (excluding diaryl/α,β-unsaturated/α-hetero) is 1. The van der Waals surface area contributed by atoms with Gasteiger partial charge in [-0.15, -0.1) is 5.10 Å². The molecule has 3 aromatic rings. The van der Waals surface area contributed by atoms with Gasteiger partial charge in [-0.3, -0.25) is 9.59 Å². The van der Waals surface area contributed by atoms with Crippen LogP contribution in [-0.4, -0.2) is 72.9 Å². The van der Waals surface area contributed by atoms with Crippen molar-refractivity contribution in [3.8, 4) is 22.5 Å². The van der Waals surface area contributed by atoms with E-state index in [1.54, 1.807) is 16.7 Å². The van der Waals surface area contributed by atoms with Gasteiger partial charge in [-0.05, 0) is 24.5 Å². The number of ketones is 1. The number of aromatic nitrogens is 3. The lowest BCUT2D eigenvalue weighted by Gasteiger charge is -2.28. The fourth-order valence-electron chi connectivity index (χ4n) is 5.16. The van der Waals surface area contributed by atoms with Crippen LogP contribution >= 0.6 is 0 Å². The molecule has 236 valence electrons. The first-order valence-electron chi connectivity index (χ1n) is 15.4. The Morgan fingerprint density at radius 3 is 2.50 bits per heavy atom. The first-order valence-corrected chi connectivity index (χ1v) is 15.4. The minimum absolute atomic E-state index is 0.0643. The molecule has 0 bridgehead atoms. The van der Waals surface area contributed by atoms with E-state index in [0.29, 0.717) is 64.4 Å². The smallest absolute Gasteiger partial charge is 0.407 e. The number of amides is 2. The van der Waals surface area contributed by atoms with Crippen LogP contribution in [0.3, 0.4) is 0 Å². The van der Waals surface area contributed by atoms with Crippen LogP contribution in [0, 0.1) is 0 Å². The number of carbonyl (C=O) groups is 3. The highest BCUT2D eigenvalue weighted by Gasteiger charge is 2.29. The molecule has 0 saturated carbocycles. The minimum atomic E-state index is -0.443. The molecule has 2 heterocycles. The molecule has 1 N–H and O–H groups in total. The number of alkyl carbamates (subject to hydrolysis) is 1. The van der Waals surface area contributed by atoms with E-state index in [9.17, 15) is 14.4 Å². The molecule has 0 fully saturated rings. The molecule has 1 aromatic heterocycles. The summed E-state index contributed by atoms with van der Waals surface area (Å²) in [6.07, 6.45) is 3.96. The fourth-order valence-corrected chi connectivity index (χ4v) is 5.16. The van der Waals surface area contributed by atoms with E-state index < -0.39 is 6.09 Å². The standard InChI is InChI=1S/C33H43N5O6/c1-3-4-9-18-34-33(41)44-21-19-38-32-27-13-6-5-11-25(27)24-37(29-15-8-7-14-28(29)31(32)35-36-38)30(40)16-10-12-26(39)17-20-43-23-22-42-2/h5-8,11,13-15H,3-4,9-10,12,16-24H2,1-2H3,(H,34,41). The van der Waals surface area contributed by atoms with Gasteiger partial charge in [-0.2, -0.15) is 0 Å². The Morgan fingerprint density at radius 2 is 1.68 bits per heavy atom. The summed E-state index contributed by atoms with van der Waals surface area (Å²) in [6, 6.07) is 15.6. The van der Waals surface area contributed by atoms with Gasteiger partial charge in [-0.25, -0.2) is 9.48 Å². The second-order valence-electron chi connectivity index (χ2n) is 10.7. The zero-order chi connectivity index (χ0) is 31.1. The average molecular weight is 606 g/mol. The second-order valence-corrected chi connectivity index (χ2v) is 10.7. The number of carbonyl (C=O) groups excluding carboxylic acids is 3. The predicted molar refractivity (Wildman–Crippen MR) is 167 cm³/mol. The Balaban J connectivity index is 1.47. The third kappa shape index (κ3) is 8.96. The summed E-state index contributed by atoms with van der Waals surface area (Å²) in [5.41, 5.74) is 4.84. The van der Waals surface area contributed by atoms with Gasteiger partial charge < -0.3 is 24.4 Å². The van der Waals surface area contributed by atoms with Gasteiger partial charge in [-0.1, -0.05) is 67.4 Å². The van der Waals surface area contributed by atoms with Crippen molar-refractivity contribution >= 4 is 23.5 Å². The van der Waals surface area contributed by atoms with Crippen LogP contribution in [-0.2, 0) is 36.9 Å². The van der Waals surface area contributed by atoms with Crippen molar-refractivity contribution in [2.45, 2.75) is 65.0 Å². The maximum absolute atomic E-state index is 13.7. The van der Waals surface area contributed by atoms with Gasteiger partial charge in [0.25, 0.3) is 0 Å². The molecule has 2 aromatic carbocycles. The number of nitrogens with one attached hydrogen (secondary N) is 1. The molecule has 11 nitrogen and oxygen atoms in total. The molecule has 1 aliphatic rings. The van der Waals surface area contributed by atoms with Crippen LogP contribution in [0.2, 0.25) is 0 Å². The summed E-state index contributed by atoms with van der Waals surface area (Å²) in [7, 11) is 1.60. The highest BCUT2D eigenvalue weighted by Crippen LogP contribution is 2.41. The normalized spacial score (nSPS) is 12.0. The van der Waals surface area contributed by atoms with Crippen molar-refractivity contribution in [3.63, 3.8) is 0 Å². The summed E-state index contributed by atoms with van der Waals surface area (Å²) in [5.74, 6) is 0.0124. The van der Waals surface area contributed by atoms with E-state index in [1.165, 1.54) is 0 Å². The van der Waals surface area contributed by atoms with Crippen molar-refractivity contribution in [1.82, 2.24) is 20.3 Å². The number of anilines is 1. The molecule has 2 amide bonds. The lowest BCUT2D eigenvalue weighted by atomic mass is 9.95. The maximum Gasteiger partial charge on any atom is 0.407 e. The van der Waals surface area contributed by atoms with Crippen molar-refractivity contribution in [3.05, 3.63) is 54.1 Å². The minimum Gasteiger partial charge on any atom is -0.448 e. The summed E-state index contributed by atoms with van der Waals surface area (Å²) in [4.78, 5) is 39.9. The van der Waals surface area contributed by atoms with Crippen molar-refractivity contribution in [2.24, 2.45) is 0 Å². The van der Waals surface area contributed by atoms with Crippen LogP contribution in [0.1, 0.15) is 57.4 Å². The van der Waals surface area contributed by atoms with Gasteiger partial charge in [0, 0.05) is 44.0 Å². The second kappa shape index (κ2) is 17.3. The molecule has 0 spiro atoms. The first kappa shape index (κ1) is 32.8. The third-order valence-electron chi connectivity index (χ3n) is 7.48. The molecule has 4 rings (SSSR count). The summed E-state index contributed by atoms with van der Waals surface area (Å²) in [6.45, 7) is 4.83. The van der Waals surface area contributed by atoms with E-state index in [4.69, 9.17) is 14.2 Å². The molecule has 0 aliphatic carbocycles. The van der Waals surface area contributed by atoms with E-state index >= 15 is 0 Å². The van der Waals surface area contributed by atoms with E-state index in [1.807, 2.05) is 48.5 Å². The van der Waals surface area contributed by atoms with Gasteiger partial charge >= 0.3 is 6.09 Å².